The minimum absolute atomic E-state index is 0.198. The van der Waals surface area contributed by atoms with Gasteiger partial charge in [0.15, 0.2) is 0 Å². The molecule has 1 saturated heterocycles. The summed E-state index contributed by atoms with van der Waals surface area (Å²) in [5.74, 6) is 0.601. The fourth-order valence-corrected chi connectivity index (χ4v) is 1.47. The summed E-state index contributed by atoms with van der Waals surface area (Å²) in [4.78, 5) is 0. The zero-order valence-corrected chi connectivity index (χ0v) is 7.08. The molecule has 0 aromatic rings. The van der Waals surface area contributed by atoms with E-state index in [0.29, 0.717) is 12.5 Å². The average molecular weight is 159 g/mol. The summed E-state index contributed by atoms with van der Waals surface area (Å²) in [6.07, 6.45) is 2.18. The molecule has 1 rings (SSSR count). The van der Waals surface area contributed by atoms with Gasteiger partial charge in [0, 0.05) is 26.4 Å². The van der Waals surface area contributed by atoms with E-state index in [0.717, 1.165) is 26.1 Å². The van der Waals surface area contributed by atoms with Gasteiger partial charge in [0.05, 0.1) is 6.61 Å². The lowest BCUT2D eigenvalue weighted by Gasteiger charge is -2.26. The van der Waals surface area contributed by atoms with E-state index in [4.69, 9.17) is 15.2 Å². The molecular formula is C8H17NO2. The average Bonchev–Trinajstić information content (AvgIpc) is 2.07. The van der Waals surface area contributed by atoms with Gasteiger partial charge >= 0.3 is 0 Å². The molecule has 1 aliphatic heterocycles. The Bertz CT molecular complexity index is 102. The summed E-state index contributed by atoms with van der Waals surface area (Å²) in [5, 5.41) is 0. The quantitative estimate of drug-likeness (QED) is 0.647. The Balaban J connectivity index is 2.21. The van der Waals surface area contributed by atoms with Gasteiger partial charge in [-0.3, -0.25) is 0 Å². The second-order valence-electron chi connectivity index (χ2n) is 3.07. The molecule has 0 spiro atoms. The van der Waals surface area contributed by atoms with E-state index >= 15 is 0 Å². The molecule has 0 aliphatic carbocycles. The van der Waals surface area contributed by atoms with Gasteiger partial charge in [0.2, 0.25) is 0 Å². The third-order valence-corrected chi connectivity index (χ3v) is 2.23. The lowest BCUT2D eigenvalue weighted by Crippen LogP contribution is -2.37. The molecule has 0 saturated carbocycles. The highest BCUT2D eigenvalue weighted by atomic mass is 16.5. The van der Waals surface area contributed by atoms with Crippen molar-refractivity contribution < 1.29 is 9.47 Å². The molecule has 1 atom stereocenters. The van der Waals surface area contributed by atoms with E-state index in [-0.39, 0.29) is 6.04 Å². The second kappa shape index (κ2) is 4.70. The van der Waals surface area contributed by atoms with Gasteiger partial charge in [-0.15, -0.1) is 0 Å². The Labute approximate surface area is 67.9 Å². The molecule has 0 aromatic heterocycles. The lowest BCUT2D eigenvalue weighted by molar-refractivity contribution is 0.0451. The van der Waals surface area contributed by atoms with Crippen LogP contribution in [0.2, 0.25) is 0 Å². The van der Waals surface area contributed by atoms with Crippen LogP contribution in [0.4, 0.5) is 0 Å². The first-order chi connectivity index (χ1) is 5.34. The molecule has 1 fully saturated rings. The summed E-state index contributed by atoms with van der Waals surface area (Å²) in [7, 11) is 1.69. The highest BCUT2D eigenvalue weighted by Gasteiger charge is 2.20. The number of hydrogen-bond donors (Lipinski definition) is 1. The third-order valence-electron chi connectivity index (χ3n) is 2.23. The molecule has 0 amide bonds. The van der Waals surface area contributed by atoms with Crippen LogP contribution in [0, 0.1) is 5.92 Å². The third kappa shape index (κ3) is 2.77. The van der Waals surface area contributed by atoms with Crippen LogP contribution in [0.3, 0.4) is 0 Å². The van der Waals surface area contributed by atoms with Crippen LogP contribution in [-0.2, 0) is 9.47 Å². The molecule has 1 aliphatic rings. The molecule has 2 N–H and O–H groups in total. The van der Waals surface area contributed by atoms with Crippen LogP contribution in [0.5, 0.6) is 0 Å². The zero-order chi connectivity index (χ0) is 8.10. The van der Waals surface area contributed by atoms with Crippen LogP contribution < -0.4 is 5.73 Å². The molecule has 0 aromatic carbocycles. The molecule has 66 valence electrons. The lowest BCUT2D eigenvalue weighted by atomic mass is 9.93. The highest BCUT2D eigenvalue weighted by Crippen LogP contribution is 2.17. The van der Waals surface area contributed by atoms with Crippen LogP contribution in [-0.4, -0.2) is 33.0 Å². The maximum Gasteiger partial charge on any atom is 0.0616 e. The summed E-state index contributed by atoms with van der Waals surface area (Å²) in [6, 6.07) is 0.198. The van der Waals surface area contributed by atoms with Gasteiger partial charge in [-0.1, -0.05) is 0 Å². The monoisotopic (exact) mass is 159 g/mol. The number of rotatable bonds is 3. The van der Waals surface area contributed by atoms with E-state index in [9.17, 15) is 0 Å². The van der Waals surface area contributed by atoms with Crippen molar-refractivity contribution in [1.29, 1.82) is 0 Å². The van der Waals surface area contributed by atoms with Gasteiger partial charge in [-0.25, -0.2) is 0 Å². The van der Waals surface area contributed by atoms with Crippen molar-refractivity contribution >= 4 is 0 Å². The fourth-order valence-electron chi connectivity index (χ4n) is 1.47. The molecular weight excluding hydrogens is 142 g/mol. The molecule has 3 nitrogen and oxygen atoms in total. The smallest absolute Gasteiger partial charge is 0.0616 e. The van der Waals surface area contributed by atoms with Crippen LogP contribution in [0.15, 0.2) is 0 Å². The van der Waals surface area contributed by atoms with E-state index in [2.05, 4.69) is 0 Å². The maximum atomic E-state index is 5.88. The predicted molar refractivity (Wildman–Crippen MR) is 43.4 cm³/mol. The zero-order valence-electron chi connectivity index (χ0n) is 7.08. The van der Waals surface area contributed by atoms with Crippen LogP contribution >= 0.6 is 0 Å². The van der Waals surface area contributed by atoms with E-state index < -0.39 is 0 Å². The molecule has 0 radical (unpaired) electrons. The van der Waals surface area contributed by atoms with Crippen molar-refractivity contribution in [1.82, 2.24) is 0 Å². The van der Waals surface area contributed by atoms with Crippen LogP contribution in [0.25, 0.3) is 0 Å². The Morgan fingerprint density at radius 1 is 1.55 bits per heavy atom. The Kier molecular flexibility index (Phi) is 3.83. The molecule has 0 unspecified atom stereocenters. The summed E-state index contributed by atoms with van der Waals surface area (Å²) in [6.45, 7) is 2.40. The van der Waals surface area contributed by atoms with Crippen molar-refractivity contribution in [2.75, 3.05) is 26.9 Å². The van der Waals surface area contributed by atoms with Gasteiger partial charge in [0.1, 0.15) is 0 Å². The van der Waals surface area contributed by atoms with E-state index in [1.54, 1.807) is 7.11 Å². The minimum atomic E-state index is 0.198. The van der Waals surface area contributed by atoms with Crippen molar-refractivity contribution in [3.05, 3.63) is 0 Å². The standard InChI is InChI=1S/C8H17NO2/c1-10-6-8(9)7-2-4-11-5-3-7/h7-8H,2-6,9H2,1H3/t8-/m0/s1. The number of ether oxygens (including phenoxy) is 2. The van der Waals surface area contributed by atoms with Crippen molar-refractivity contribution in [3.8, 4) is 0 Å². The molecule has 1 heterocycles. The second-order valence-corrected chi connectivity index (χ2v) is 3.07. The highest BCUT2D eigenvalue weighted by molar-refractivity contribution is 4.74. The number of nitrogens with two attached hydrogens (primary N) is 1. The minimum Gasteiger partial charge on any atom is -0.383 e. The van der Waals surface area contributed by atoms with Gasteiger partial charge < -0.3 is 15.2 Å². The van der Waals surface area contributed by atoms with Crippen molar-refractivity contribution in [2.24, 2.45) is 11.7 Å². The number of hydrogen-bond acceptors (Lipinski definition) is 3. The van der Waals surface area contributed by atoms with Crippen molar-refractivity contribution in [2.45, 2.75) is 18.9 Å². The summed E-state index contributed by atoms with van der Waals surface area (Å²) < 4.78 is 10.2. The van der Waals surface area contributed by atoms with Crippen LogP contribution in [0.1, 0.15) is 12.8 Å². The van der Waals surface area contributed by atoms with E-state index in [1.165, 1.54) is 0 Å². The molecule has 3 heteroatoms. The fraction of sp³-hybridized carbons (Fsp3) is 1.00. The first-order valence-electron chi connectivity index (χ1n) is 4.17. The number of methoxy groups -OCH3 is 1. The largest absolute Gasteiger partial charge is 0.383 e. The van der Waals surface area contributed by atoms with Gasteiger partial charge in [-0.05, 0) is 18.8 Å². The Hall–Kier alpha value is -0.120. The van der Waals surface area contributed by atoms with E-state index in [1.807, 2.05) is 0 Å². The topological polar surface area (TPSA) is 44.5 Å². The SMILES string of the molecule is COC[C@H](N)C1CCOCC1. The summed E-state index contributed by atoms with van der Waals surface area (Å²) >= 11 is 0. The molecule has 11 heavy (non-hydrogen) atoms. The van der Waals surface area contributed by atoms with Gasteiger partial charge in [-0.2, -0.15) is 0 Å². The molecule has 0 bridgehead atoms. The van der Waals surface area contributed by atoms with Gasteiger partial charge in [0.25, 0.3) is 0 Å². The maximum absolute atomic E-state index is 5.88. The predicted octanol–water partition coefficient (Wildman–Crippen LogP) is 0.387. The normalized spacial score (nSPS) is 23.5. The first-order valence-corrected chi connectivity index (χ1v) is 4.17. The Morgan fingerprint density at radius 3 is 2.73 bits per heavy atom. The first kappa shape index (κ1) is 8.97. The van der Waals surface area contributed by atoms with Crippen molar-refractivity contribution in [3.63, 3.8) is 0 Å². The summed E-state index contributed by atoms with van der Waals surface area (Å²) in [5.41, 5.74) is 5.88. The Morgan fingerprint density at radius 2 is 2.18 bits per heavy atom.